The molecule has 4 rings (SSSR count). The number of halogens is 2. The number of aromatic nitrogens is 4. The summed E-state index contributed by atoms with van der Waals surface area (Å²) in [5, 5.41) is 12.0. The van der Waals surface area contributed by atoms with Crippen LogP contribution >= 0.6 is 0 Å². The minimum absolute atomic E-state index is 0.222. The molecule has 166 valence electrons. The van der Waals surface area contributed by atoms with E-state index in [2.05, 4.69) is 22.1 Å². The van der Waals surface area contributed by atoms with Crippen molar-refractivity contribution in [3.05, 3.63) is 88.4 Å². The summed E-state index contributed by atoms with van der Waals surface area (Å²) < 4.78 is 29.4. The van der Waals surface area contributed by atoms with Gasteiger partial charge >= 0.3 is 0 Å². The molecule has 0 radical (unpaired) electrons. The second-order valence-electron chi connectivity index (χ2n) is 8.26. The number of nitrogens with zero attached hydrogens (tertiary/aromatic N) is 4. The lowest BCUT2D eigenvalue weighted by molar-refractivity contribution is 0.331. The van der Waals surface area contributed by atoms with E-state index in [9.17, 15) is 8.78 Å². The first-order valence-electron chi connectivity index (χ1n) is 10.6. The molecule has 4 aromatic rings. The van der Waals surface area contributed by atoms with Crippen LogP contribution < -0.4 is 0 Å². The molecule has 0 atom stereocenters. The Morgan fingerprint density at radius 2 is 1.84 bits per heavy atom. The van der Waals surface area contributed by atoms with Crippen molar-refractivity contribution in [1.29, 1.82) is 0 Å². The lowest BCUT2D eigenvalue weighted by Gasteiger charge is -2.17. The zero-order chi connectivity index (χ0) is 22.8. The van der Waals surface area contributed by atoms with Crippen molar-refractivity contribution in [1.82, 2.24) is 24.9 Å². The number of aryl methyl sites for hydroxylation is 3. The Kier molecular flexibility index (Phi) is 6.19. The number of likely N-dealkylation sites (N-methyl/N-ethyl adjacent to an activating group) is 1. The molecule has 0 saturated heterocycles. The first kappa shape index (κ1) is 21.9. The maximum Gasteiger partial charge on any atom is 0.151 e. The molecule has 0 saturated carbocycles. The first-order chi connectivity index (χ1) is 15.3. The van der Waals surface area contributed by atoms with Crippen LogP contribution in [0.2, 0.25) is 0 Å². The van der Waals surface area contributed by atoms with Gasteiger partial charge in [-0.15, -0.1) is 0 Å². The maximum absolute atomic E-state index is 14.5. The summed E-state index contributed by atoms with van der Waals surface area (Å²) in [5.74, 6) is -1.25. The molecule has 2 aromatic heterocycles. The summed E-state index contributed by atoms with van der Waals surface area (Å²) >= 11 is 0. The van der Waals surface area contributed by atoms with Gasteiger partial charge in [0, 0.05) is 42.2 Å². The van der Waals surface area contributed by atoms with Crippen LogP contribution in [0.4, 0.5) is 8.78 Å². The summed E-state index contributed by atoms with van der Waals surface area (Å²) in [6, 6.07) is 11.5. The van der Waals surface area contributed by atoms with Crippen LogP contribution in [0.3, 0.4) is 0 Å². The van der Waals surface area contributed by atoms with Gasteiger partial charge in [0.25, 0.3) is 0 Å². The average Bonchev–Trinajstić information content (AvgIpc) is 3.29. The van der Waals surface area contributed by atoms with Gasteiger partial charge in [0.2, 0.25) is 0 Å². The number of hydrogen-bond donors (Lipinski definition) is 1. The number of H-pyrrole nitrogens is 1. The predicted octanol–water partition coefficient (Wildman–Crippen LogP) is 5.14. The SMILES string of the molecule is Cc1ccccc1-c1nn(-c2ccc(F)cc2F)cc1CN(C)CCc1c(C)n[nH]c1C. The van der Waals surface area contributed by atoms with Gasteiger partial charge in [-0.2, -0.15) is 10.2 Å². The molecule has 32 heavy (non-hydrogen) atoms. The van der Waals surface area contributed by atoms with Gasteiger partial charge in [-0.25, -0.2) is 13.5 Å². The van der Waals surface area contributed by atoms with E-state index in [0.29, 0.717) is 6.54 Å². The van der Waals surface area contributed by atoms with Crippen LogP contribution in [0.15, 0.2) is 48.7 Å². The zero-order valence-corrected chi connectivity index (χ0v) is 18.8. The van der Waals surface area contributed by atoms with Crippen LogP contribution in [0.1, 0.15) is 28.1 Å². The van der Waals surface area contributed by atoms with Crippen LogP contribution in [0.25, 0.3) is 16.9 Å². The quantitative estimate of drug-likeness (QED) is 0.437. The van der Waals surface area contributed by atoms with Crippen LogP contribution in [-0.4, -0.2) is 38.5 Å². The molecule has 1 N–H and O–H groups in total. The van der Waals surface area contributed by atoms with Crippen molar-refractivity contribution in [2.24, 2.45) is 0 Å². The highest BCUT2D eigenvalue weighted by molar-refractivity contribution is 5.66. The monoisotopic (exact) mass is 435 g/mol. The molecular weight excluding hydrogens is 408 g/mol. The van der Waals surface area contributed by atoms with E-state index in [-0.39, 0.29) is 5.69 Å². The summed E-state index contributed by atoms with van der Waals surface area (Å²) in [4.78, 5) is 2.22. The van der Waals surface area contributed by atoms with Gasteiger partial charge in [-0.1, -0.05) is 24.3 Å². The normalized spacial score (nSPS) is 11.5. The zero-order valence-electron chi connectivity index (χ0n) is 18.8. The van der Waals surface area contributed by atoms with Gasteiger partial charge in [0.1, 0.15) is 11.5 Å². The van der Waals surface area contributed by atoms with Crippen LogP contribution in [0, 0.1) is 32.4 Å². The van der Waals surface area contributed by atoms with Crippen LogP contribution in [-0.2, 0) is 13.0 Å². The average molecular weight is 436 g/mol. The third-order valence-electron chi connectivity index (χ3n) is 5.81. The van der Waals surface area contributed by atoms with E-state index >= 15 is 0 Å². The van der Waals surface area contributed by atoms with Crippen molar-refractivity contribution >= 4 is 0 Å². The molecule has 5 nitrogen and oxygen atoms in total. The Morgan fingerprint density at radius 1 is 1.06 bits per heavy atom. The Morgan fingerprint density at radius 3 is 2.53 bits per heavy atom. The van der Waals surface area contributed by atoms with Gasteiger partial charge < -0.3 is 4.90 Å². The summed E-state index contributed by atoms with van der Waals surface area (Å²) in [6.07, 6.45) is 2.72. The largest absolute Gasteiger partial charge is 0.302 e. The lowest BCUT2D eigenvalue weighted by atomic mass is 10.0. The predicted molar refractivity (Wildman–Crippen MR) is 122 cm³/mol. The van der Waals surface area contributed by atoms with Crippen molar-refractivity contribution < 1.29 is 8.78 Å². The molecule has 2 aromatic carbocycles. The number of rotatable bonds is 7. The fourth-order valence-corrected chi connectivity index (χ4v) is 4.00. The second-order valence-corrected chi connectivity index (χ2v) is 8.26. The summed E-state index contributed by atoms with van der Waals surface area (Å²) in [5.41, 5.74) is 7.44. The molecule has 7 heteroatoms. The van der Waals surface area contributed by atoms with E-state index in [1.807, 2.05) is 51.2 Å². The van der Waals surface area contributed by atoms with Crippen molar-refractivity contribution in [3.8, 4) is 16.9 Å². The Labute approximate surface area is 186 Å². The summed E-state index contributed by atoms with van der Waals surface area (Å²) in [7, 11) is 2.06. The first-order valence-corrected chi connectivity index (χ1v) is 10.6. The number of nitrogens with one attached hydrogen (secondary N) is 1. The van der Waals surface area contributed by atoms with E-state index in [1.165, 1.54) is 22.4 Å². The molecule has 0 bridgehead atoms. The molecule has 0 aliphatic rings. The molecular formula is C25H27F2N5. The highest BCUT2D eigenvalue weighted by Gasteiger charge is 2.18. The van der Waals surface area contributed by atoms with E-state index < -0.39 is 11.6 Å². The van der Waals surface area contributed by atoms with Gasteiger partial charge in [-0.3, -0.25) is 5.10 Å². The van der Waals surface area contributed by atoms with Gasteiger partial charge in [0.05, 0.1) is 11.4 Å². The molecule has 0 unspecified atom stereocenters. The van der Waals surface area contributed by atoms with E-state index in [4.69, 9.17) is 5.10 Å². The Balaban J connectivity index is 1.65. The topological polar surface area (TPSA) is 49.7 Å². The second kappa shape index (κ2) is 9.04. The number of benzene rings is 2. The third kappa shape index (κ3) is 4.48. The van der Waals surface area contributed by atoms with Gasteiger partial charge in [0.15, 0.2) is 5.82 Å². The van der Waals surface area contributed by atoms with E-state index in [0.717, 1.165) is 52.8 Å². The van der Waals surface area contributed by atoms with Crippen molar-refractivity contribution in [2.75, 3.05) is 13.6 Å². The molecule has 0 amide bonds. The Hall–Kier alpha value is -3.32. The smallest absolute Gasteiger partial charge is 0.151 e. The third-order valence-corrected chi connectivity index (χ3v) is 5.81. The molecule has 0 aliphatic carbocycles. The minimum atomic E-state index is -0.644. The van der Waals surface area contributed by atoms with Crippen molar-refractivity contribution in [2.45, 2.75) is 33.7 Å². The standard InChI is InChI=1S/C25H27F2N5/c1-16-7-5-6-8-21(16)25-19(14-31(4)12-11-22-17(2)28-29-18(22)3)15-32(30-25)24-10-9-20(26)13-23(24)27/h5-10,13,15H,11-12,14H2,1-4H3,(H,28,29). The molecule has 0 aliphatic heterocycles. The minimum Gasteiger partial charge on any atom is -0.302 e. The fourth-order valence-electron chi connectivity index (χ4n) is 4.00. The molecule has 2 heterocycles. The van der Waals surface area contributed by atoms with Crippen molar-refractivity contribution in [3.63, 3.8) is 0 Å². The van der Waals surface area contributed by atoms with Gasteiger partial charge in [-0.05, 0) is 57.5 Å². The molecule has 0 spiro atoms. The lowest BCUT2D eigenvalue weighted by Crippen LogP contribution is -2.21. The van der Waals surface area contributed by atoms with Crippen LogP contribution in [0.5, 0.6) is 0 Å². The van der Waals surface area contributed by atoms with E-state index in [1.54, 1.807) is 0 Å². The highest BCUT2D eigenvalue weighted by Crippen LogP contribution is 2.28. The summed E-state index contributed by atoms with van der Waals surface area (Å²) in [6.45, 7) is 7.56. The highest BCUT2D eigenvalue weighted by atomic mass is 19.1. The fraction of sp³-hybridized carbons (Fsp3) is 0.280. The molecule has 0 fully saturated rings. The number of hydrogen-bond acceptors (Lipinski definition) is 3. The number of aromatic amines is 1. The Bertz CT molecular complexity index is 1220. The maximum atomic E-state index is 14.5.